The van der Waals surface area contributed by atoms with Crippen LogP contribution in [0.5, 0.6) is 0 Å². The average molecular weight is 497 g/mol. The van der Waals surface area contributed by atoms with Gasteiger partial charge < -0.3 is 14.5 Å². The first-order valence-electron chi connectivity index (χ1n) is 13.0. The number of fused-ring (bicyclic) bond motifs is 2. The van der Waals surface area contributed by atoms with E-state index in [1.165, 1.54) is 28.8 Å². The third-order valence-corrected chi connectivity index (χ3v) is 8.58. The zero-order chi connectivity index (χ0) is 25.1. The lowest BCUT2D eigenvalue weighted by Gasteiger charge is -2.33. The van der Waals surface area contributed by atoms with Crippen LogP contribution >= 0.6 is 0 Å². The summed E-state index contributed by atoms with van der Waals surface area (Å²) in [5, 5.41) is 5.68. The van der Waals surface area contributed by atoms with Gasteiger partial charge in [0.15, 0.2) is 0 Å². The summed E-state index contributed by atoms with van der Waals surface area (Å²) in [5.41, 5.74) is 5.55. The number of hydrogen-bond acceptors (Lipinski definition) is 3. The summed E-state index contributed by atoms with van der Waals surface area (Å²) in [6.45, 7) is 6.16. The van der Waals surface area contributed by atoms with E-state index in [-0.39, 0.29) is 17.3 Å². The maximum absolute atomic E-state index is 13.5. The Morgan fingerprint density at radius 1 is 1.03 bits per heavy atom. The molecule has 7 rings (SSSR count). The van der Waals surface area contributed by atoms with E-state index < -0.39 is 0 Å². The minimum atomic E-state index is -0.262. The van der Waals surface area contributed by atoms with Gasteiger partial charge >= 0.3 is 6.03 Å². The number of halogens is 1. The first kappa shape index (κ1) is 22.5. The average Bonchev–Trinajstić information content (AvgIpc) is 3.19. The van der Waals surface area contributed by atoms with Crippen molar-refractivity contribution in [1.29, 1.82) is 0 Å². The SMILES string of the molecule is Cc1cc2c(cnn2-c2ccc(F)cc2)cc1C12CN(C(=O)N3CCOCC3)CC1C2c1ccccc1. The number of aromatic nitrogens is 2. The second kappa shape index (κ2) is 8.42. The van der Waals surface area contributed by atoms with Gasteiger partial charge in [0.25, 0.3) is 0 Å². The van der Waals surface area contributed by atoms with Crippen LogP contribution in [0.25, 0.3) is 16.6 Å². The molecule has 3 aliphatic rings. The van der Waals surface area contributed by atoms with Crippen LogP contribution in [-0.4, -0.2) is 65.0 Å². The molecular weight excluding hydrogens is 467 g/mol. The monoisotopic (exact) mass is 496 g/mol. The predicted octanol–water partition coefficient (Wildman–Crippen LogP) is 4.89. The number of nitrogens with zero attached hydrogens (tertiary/aromatic N) is 4. The molecule has 0 radical (unpaired) electrons. The van der Waals surface area contributed by atoms with Gasteiger partial charge in [-0.05, 0) is 65.9 Å². The summed E-state index contributed by atoms with van der Waals surface area (Å²) in [6, 6.07) is 21.7. The third kappa shape index (κ3) is 3.48. The molecule has 2 amide bonds. The Morgan fingerprint density at radius 3 is 2.54 bits per heavy atom. The molecule has 1 saturated carbocycles. The fraction of sp³-hybridized carbons (Fsp3) is 0.333. The maximum atomic E-state index is 13.5. The van der Waals surface area contributed by atoms with Gasteiger partial charge in [0, 0.05) is 42.9 Å². The molecule has 37 heavy (non-hydrogen) atoms. The van der Waals surface area contributed by atoms with E-state index in [1.807, 2.05) is 15.8 Å². The number of carbonyl (C=O) groups excluding carboxylic acids is 1. The van der Waals surface area contributed by atoms with E-state index in [9.17, 15) is 9.18 Å². The van der Waals surface area contributed by atoms with Crippen LogP contribution in [-0.2, 0) is 10.2 Å². The van der Waals surface area contributed by atoms with E-state index in [0.29, 0.717) is 44.7 Å². The van der Waals surface area contributed by atoms with Crippen molar-refractivity contribution in [1.82, 2.24) is 19.6 Å². The largest absolute Gasteiger partial charge is 0.378 e. The normalized spacial score (nSPS) is 24.9. The first-order valence-corrected chi connectivity index (χ1v) is 13.0. The van der Waals surface area contributed by atoms with Crippen LogP contribution in [0.3, 0.4) is 0 Å². The summed E-state index contributed by atoms with van der Waals surface area (Å²) in [5.74, 6) is 0.496. The van der Waals surface area contributed by atoms with E-state index in [0.717, 1.165) is 23.1 Å². The van der Waals surface area contributed by atoms with Crippen LogP contribution in [0.1, 0.15) is 22.6 Å². The molecule has 2 aliphatic heterocycles. The number of benzene rings is 3. The van der Waals surface area contributed by atoms with Gasteiger partial charge in [-0.2, -0.15) is 5.10 Å². The predicted molar refractivity (Wildman–Crippen MR) is 139 cm³/mol. The topological polar surface area (TPSA) is 50.6 Å². The van der Waals surface area contributed by atoms with Crippen molar-refractivity contribution in [3.63, 3.8) is 0 Å². The molecular formula is C30H29FN4O2. The Morgan fingerprint density at radius 2 is 1.78 bits per heavy atom. The van der Waals surface area contributed by atoms with E-state index in [2.05, 4.69) is 59.4 Å². The fourth-order valence-electron chi connectivity index (χ4n) is 6.83. The number of rotatable bonds is 3. The summed E-state index contributed by atoms with van der Waals surface area (Å²) in [6.07, 6.45) is 1.89. The van der Waals surface area contributed by atoms with Crippen molar-refractivity contribution < 1.29 is 13.9 Å². The van der Waals surface area contributed by atoms with E-state index >= 15 is 0 Å². The van der Waals surface area contributed by atoms with Crippen LogP contribution in [0.2, 0.25) is 0 Å². The van der Waals surface area contributed by atoms with Crippen LogP contribution in [0, 0.1) is 18.7 Å². The third-order valence-electron chi connectivity index (χ3n) is 8.58. The zero-order valence-electron chi connectivity index (χ0n) is 20.8. The molecule has 2 saturated heterocycles. The minimum absolute atomic E-state index is 0.112. The number of amides is 2. The van der Waals surface area contributed by atoms with Crippen molar-refractivity contribution in [2.24, 2.45) is 5.92 Å². The number of urea groups is 1. The Balaban J connectivity index is 1.28. The van der Waals surface area contributed by atoms with Crippen molar-refractivity contribution in [2.75, 3.05) is 39.4 Å². The molecule has 1 aliphatic carbocycles. The molecule has 3 heterocycles. The highest BCUT2D eigenvalue weighted by Crippen LogP contribution is 2.69. The Labute approximate surface area is 215 Å². The molecule has 188 valence electrons. The molecule has 0 N–H and O–H groups in total. The van der Waals surface area contributed by atoms with E-state index in [1.54, 1.807) is 12.1 Å². The molecule has 0 spiro atoms. The highest BCUT2D eigenvalue weighted by atomic mass is 19.1. The Bertz CT molecular complexity index is 1480. The number of likely N-dealkylation sites (tertiary alicyclic amines) is 1. The lowest BCUT2D eigenvalue weighted by Crippen LogP contribution is -2.48. The number of aryl methyl sites for hydroxylation is 1. The zero-order valence-corrected chi connectivity index (χ0v) is 20.8. The first-order chi connectivity index (χ1) is 18.1. The summed E-state index contributed by atoms with van der Waals surface area (Å²) in [7, 11) is 0. The second-order valence-corrected chi connectivity index (χ2v) is 10.6. The molecule has 3 unspecified atom stereocenters. The van der Waals surface area contributed by atoms with Gasteiger partial charge in [-0.1, -0.05) is 30.3 Å². The molecule has 0 bridgehead atoms. The highest BCUT2D eigenvalue weighted by molar-refractivity contribution is 5.83. The second-order valence-electron chi connectivity index (χ2n) is 10.6. The van der Waals surface area contributed by atoms with Gasteiger partial charge in [-0.3, -0.25) is 0 Å². The maximum Gasteiger partial charge on any atom is 0.320 e. The standard InChI is InChI=1S/C30H29FN4O2/c1-20-15-27-22(17-32-35(27)24-9-7-23(31)8-10-24)16-25(20)30-19-34(29(36)33-11-13-37-14-12-33)18-26(30)28(30)21-5-3-2-4-6-21/h2-10,15-17,26,28H,11-14,18-19H2,1H3. The van der Waals surface area contributed by atoms with Crippen LogP contribution in [0.15, 0.2) is 72.9 Å². The number of morpholine rings is 1. The minimum Gasteiger partial charge on any atom is -0.378 e. The molecule has 7 heteroatoms. The quantitative estimate of drug-likeness (QED) is 0.406. The number of carbonyl (C=O) groups is 1. The highest BCUT2D eigenvalue weighted by Gasteiger charge is 2.71. The summed E-state index contributed by atoms with van der Waals surface area (Å²) >= 11 is 0. The molecule has 3 fully saturated rings. The Kier molecular flexibility index (Phi) is 5.11. The van der Waals surface area contributed by atoms with Gasteiger partial charge in [0.1, 0.15) is 5.82 Å². The molecule has 1 aromatic heterocycles. The summed E-state index contributed by atoms with van der Waals surface area (Å²) in [4.78, 5) is 17.4. The van der Waals surface area contributed by atoms with Gasteiger partial charge in [-0.15, -0.1) is 0 Å². The number of hydrogen-bond donors (Lipinski definition) is 0. The van der Waals surface area contributed by atoms with Crippen LogP contribution in [0.4, 0.5) is 9.18 Å². The van der Waals surface area contributed by atoms with Crippen molar-refractivity contribution in [3.05, 3.63) is 95.4 Å². The fourth-order valence-corrected chi connectivity index (χ4v) is 6.83. The van der Waals surface area contributed by atoms with Crippen molar-refractivity contribution >= 4 is 16.9 Å². The van der Waals surface area contributed by atoms with Gasteiger partial charge in [0.2, 0.25) is 0 Å². The number of piperidine rings is 1. The molecule has 4 aromatic rings. The molecule has 3 atom stereocenters. The molecule has 3 aromatic carbocycles. The Hall–Kier alpha value is -3.71. The molecule has 6 nitrogen and oxygen atoms in total. The van der Waals surface area contributed by atoms with Crippen LogP contribution < -0.4 is 0 Å². The van der Waals surface area contributed by atoms with Crippen molar-refractivity contribution in [3.8, 4) is 5.69 Å². The lowest BCUT2D eigenvalue weighted by atomic mass is 9.86. The van der Waals surface area contributed by atoms with Gasteiger partial charge in [-0.25, -0.2) is 13.9 Å². The van der Waals surface area contributed by atoms with Crippen molar-refractivity contribution in [2.45, 2.75) is 18.3 Å². The lowest BCUT2D eigenvalue weighted by molar-refractivity contribution is 0.0440. The van der Waals surface area contributed by atoms with E-state index in [4.69, 9.17) is 4.74 Å². The number of ether oxygens (including phenoxy) is 1. The smallest absolute Gasteiger partial charge is 0.320 e. The summed E-state index contributed by atoms with van der Waals surface area (Å²) < 4.78 is 20.8. The van der Waals surface area contributed by atoms with Gasteiger partial charge in [0.05, 0.1) is 30.6 Å².